The molecule has 17 aromatic carbocycles. The van der Waals surface area contributed by atoms with Crippen molar-refractivity contribution in [1.82, 2.24) is 0 Å². The molecule has 17 aromatic rings. The van der Waals surface area contributed by atoms with E-state index in [1.54, 1.807) is 0 Å². The van der Waals surface area contributed by atoms with Crippen molar-refractivity contribution in [2.75, 3.05) is 19.6 Å². The van der Waals surface area contributed by atoms with Crippen molar-refractivity contribution in [3.05, 3.63) is 476 Å². The topological polar surface area (TPSA) is 22.2 Å². The molecule has 113 heavy (non-hydrogen) atoms. The third-order valence-corrected chi connectivity index (χ3v) is 22.4. The molecule has 1 unspecified atom stereocenters. The zero-order chi connectivity index (χ0) is 75.9. The third-order valence-electron chi connectivity index (χ3n) is 22.4. The molecule has 0 fully saturated rings. The van der Waals surface area contributed by atoms with Gasteiger partial charge in [-0.25, -0.2) is 0 Å². The molecule has 0 N–H and O–H groups in total. The van der Waals surface area contributed by atoms with Crippen LogP contribution in [-0.2, 0) is 12.0 Å². The van der Waals surface area contributed by atoms with Crippen molar-refractivity contribution in [3.63, 3.8) is 0 Å². The molecule has 0 heterocycles. The number of nitrogens with zero attached hydrogens (tertiary/aromatic N) is 4. The highest BCUT2D eigenvalue weighted by atomic mass is 16.5. The molecule has 5 heteroatoms. The highest BCUT2D eigenvalue weighted by Crippen LogP contribution is 2.58. The minimum Gasteiger partial charge on any atom is -0.489 e. The second kappa shape index (κ2) is 31.7. The Balaban J connectivity index is 0.670. The van der Waals surface area contributed by atoms with E-state index in [2.05, 4.69) is 476 Å². The van der Waals surface area contributed by atoms with Crippen LogP contribution in [0.15, 0.2) is 443 Å². The van der Waals surface area contributed by atoms with Gasteiger partial charge < -0.3 is 24.3 Å². The molecule has 542 valence electrons. The lowest BCUT2D eigenvalue weighted by Gasteiger charge is -2.34. The lowest BCUT2D eigenvalue weighted by Crippen LogP contribution is -2.28. The van der Waals surface area contributed by atoms with Gasteiger partial charge in [0.15, 0.2) is 0 Å². The summed E-state index contributed by atoms with van der Waals surface area (Å²) in [6, 6.07) is 161. The molecule has 0 aromatic heterocycles. The standard InChI is InChI=1S/C108H84N4O/c1-3-78(2)80-41-39-79(40-42-80)77-113-103-71-57-90(58-72-103)108(89-25-11-4-12-26-89)106-75-87(85-51-67-101(68-52-85)111(95-35-21-9-22-36-95)99-63-47-83(48-64-99)81-43-59-97(60-44-81)109(91-27-13-5-14-28-91)92-29-15-6-16-30-92)55-73-104(106)105-74-56-88(76-107(105)108)86-53-69-102(70-54-86)112(96-37-23-10-24-38-96)100-65-49-84(50-66-100)82-45-61-98(62-46-82)110(93-31-17-7-18-32-93)94-33-19-8-20-34-94/h4-76,78H,3,77H2,1-2H3. The number of rotatable bonds is 23. The number of fused-ring (bicyclic) bond motifs is 3. The summed E-state index contributed by atoms with van der Waals surface area (Å²) in [4.78, 5) is 9.30. The Morgan fingerprint density at radius 3 is 0.752 bits per heavy atom. The molecule has 1 aliphatic rings. The summed E-state index contributed by atoms with van der Waals surface area (Å²) >= 11 is 0. The summed E-state index contributed by atoms with van der Waals surface area (Å²) in [6.45, 7) is 5.01. The van der Waals surface area contributed by atoms with Gasteiger partial charge in [0, 0.05) is 68.2 Å². The molecule has 1 aliphatic carbocycles. The fourth-order valence-corrected chi connectivity index (χ4v) is 16.4. The van der Waals surface area contributed by atoms with E-state index in [1.165, 1.54) is 33.4 Å². The summed E-state index contributed by atoms with van der Waals surface area (Å²) in [7, 11) is 0. The van der Waals surface area contributed by atoms with Crippen molar-refractivity contribution in [2.45, 2.75) is 38.2 Å². The second-order valence-corrected chi connectivity index (χ2v) is 29.1. The van der Waals surface area contributed by atoms with Gasteiger partial charge in [-0.1, -0.05) is 287 Å². The van der Waals surface area contributed by atoms with Crippen LogP contribution in [0.5, 0.6) is 5.75 Å². The Morgan fingerprint density at radius 2 is 0.478 bits per heavy atom. The molecule has 0 radical (unpaired) electrons. The first-order valence-corrected chi connectivity index (χ1v) is 39.2. The van der Waals surface area contributed by atoms with E-state index in [0.29, 0.717) is 12.5 Å². The molecule has 0 saturated heterocycles. The quantitative estimate of drug-likeness (QED) is 0.0635. The molecule has 1 atom stereocenters. The molecule has 0 saturated carbocycles. The van der Waals surface area contributed by atoms with Gasteiger partial charge in [-0.15, -0.1) is 0 Å². The van der Waals surface area contributed by atoms with E-state index in [-0.39, 0.29) is 0 Å². The molecule has 0 amide bonds. The van der Waals surface area contributed by atoms with Gasteiger partial charge in [0.25, 0.3) is 0 Å². The van der Waals surface area contributed by atoms with Crippen molar-refractivity contribution in [3.8, 4) is 61.4 Å². The van der Waals surface area contributed by atoms with E-state index in [9.17, 15) is 0 Å². The second-order valence-electron chi connectivity index (χ2n) is 29.1. The highest BCUT2D eigenvalue weighted by molar-refractivity contribution is 5.92. The average Bonchev–Trinajstić information content (AvgIpc) is 1.54. The van der Waals surface area contributed by atoms with E-state index >= 15 is 0 Å². The van der Waals surface area contributed by atoms with Crippen LogP contribution in [0.2, 0.25) is 0 Å². The summed E-state index contributed by atoms with van der Waals surface area (Å²) in [6.07, 6.45) is 1.11. The van der Waals surface area contributed by atoms with Crippen molar-refractivity contribution < 1.29 is 4.74 Å². The number of benzene rings is 17. The number of ether oxygens (including phenoxy) is 1. The zero-order valence-electron chi connectivity index (χ0n) is 63.3. The molecule has 18 rings (SSSR count). The SMILES string of the molecule is CCC(C)c1ccc(COc2ccc(C3(c4ccccc4)c4cc(-c5ccc(N(c6ccccc6)c6ccc(-c7ccc(N(c8ccccc8)c8ccccc8)cc7)cc6)cc5)ccc4-c4ccc(-c5ccc(N(c6ccccc6)c6ccc(-c7ccc(N(c8ccccc8)c8ccccc8)cc7)cc6)cc5)cc43)cc2)cc1. The van der Waals surface area contributed by atoms with E-state index in [4.69, 9.17) is 4.74 Å². The summed E-state index contributed by atoms with van der Waals surface area (Å²) in [5, 5.41) is 0. The molecular weight excluding hydrogens is 1370 g/mol. The Hall–Kier alpha value is -14.3. The predicted molar refractivity (Wildman–Crippen MR) is 474 cm³/mol. The van der Waals surface area contributed by atoms with Crippen LogP contribution < -0.4 is 24.3 Å². The minimum atomic E-state index is -0.728. The van der Waals surface area contributed by atoms with Crippen LogP contribution in [0.25, 0.3) is 55.6 Å². The first-order valence-electron chi connectivity index (χ1n) is 39.2. The molecule has 5 nitrogen and oxygen atoms in total. The summed E-state index contributed by atoms with van der Waals surface area (Å²) < 4.78 is 6.64. The number of hydrogen-bond donors (Lipinski definition) is 0. The zero-order valence-corrected chi connectivity index (χ0v) is 63.3. The fraction of sp³-hybridized carbons (Fsp3) is 0.0556. The lowest BCUT2D eigenvalue weighted by atomic mass is 9.67. The maximum absolute atomic E-state index is 6.64. The maximum Gasteiger partial charge on any atom is 0.119 e. The summed E-state index contributed by atoms with van der Waals surface area (Å²) in [5.41, 5.74) is 31.2. The molecular formula is C108H84N4O. The first-order chi connectivity index (χ1) is 55.9. The van der Waals surface area contributed by atoms with Gasteiger partial charge >= 0.3 is 0 Å². The normalized spacial score (nSPS) is 12.1. The van der Waals surface area contributed by atoms with Crippen molar-refractivity contribution >= 4 is 68.2 Å². The fourth-order valence-electron chi connectivity index (χ4n) is 16.4. The van der Waals surface area contributed by atoms with Gasteiger partial charge in [-0.3, -0.25) is 0 Å². The smallest absolute Gasteiger partial charge is 0.119 e. The van der Waals surface area contributed by atoms with E-state index in [1.807, 2.05) is 0 Å². The van der Waals surface area contributed by atoms with Crippen LogP contribution >= 0.6 is 0 Å². The van der Waals surface area contributed by atoms with Gasteiger partial charge in [-0.05, 0) is 271 Å². The summed E-state index contributed by atoms with van der Waals surface area (Å²) in [5.74, 6) is 1.34. The van der Waals surface area contributed by atoms with Crippen molar-refractivity contribution in [1.29, 1.82) is 0 Å². The van der Waals surface area contributed by atoms with Gasteiger partial charge in [0.05, 0.1) is 5.41 Å². The first kappa shape index (κ1) is 70.4. The minimum absolute atomic E-state index is 0.478. The van der Waals surface area contributed by atoms with Gasteiger partial charge in [0.2, 0.25) is 0 Å². The lowest BCUT2D eigenvalue weighted by molar-refractivity contribution is 0.306. The van der Waals surface area contributed by atoms with Crippen LogP contribution in [0.4, 0.5) is 68.2 Å². The van der Waals surface area contributed by atoms with Crippen LogP contribution in [-0.4, -0.2) is 0 Å². The van der Waals surface area contributed by atoms with Crippen molar-refractivity contribution in [2.24, 2.45) is 0 Å². The third kappa shape index (κ3) is 14.2. The predicted octanol–water partition coefficient (Wildman–Crippen LogP) is 29.7. The Kier molecular flexibility index (Phi) is 19.8. The Bertz CT molecular complexity index is 5630. The monoisotopic (exact) mass is 1450 g/mol. The molecule has 0 aliphatic heterocycles. The number of hydrogen-bond acceptors (Lipinski definition) is 5. The maximum atomic E-state index is 6.64. The van der Waals surface area contributed by atoms with Crippen LogP contribution in [0.1, 0.15) is 59.6 Å². The Morgan fingerprint density at radius 1 is 0.239 bits per heavy atom. The van der Waals surface area contributed by atoms with Crippen LogP contribution in [0, 0.1) is 0 Å². The van der Waals surface area contributed by atoms with Crippen LogP contribution in [0.3, 0.4) is 0 Å². The molecule has 0 bridgehead atoms. The van der Waals surface area contributed by atoms with E-state index in [0.717, 1.165) is 136 Å². The number of para-hydroxylation sites is 6. The van der Waals surface area contributed by atoms with E-state index < -0.39 is 5.41 Å². The molecule has 0 spiro atoms. The van der Waals surface area contributed by atoms with Gasteiger partial charge in [-0.2, -0.15) is 0 Å². The Labute approximate surface area is 664 Å². The average molecular weight is 1450 g/mol. The number of anilines is 12. The highest BCUT2D eigenvalue weighted by Gasteiger charge is 2.47. The van der Waals surface area contributed by atoms with Gasteiger partial charge in [0.1, 0.15) is 12.4 Å². The largest absolute Gasteiger partial charge is 0.489 e.